The molecule has 70 valence electrons. The number of aliphatic hydroxyl groups is 1. The Labute approximate surface area is 74.3 Å². The molecule has 0 aromatic carbocycles. The van der Waals surface area contributed by atoms with Gasteiger partial charge in [0.1, 0.15) is 5.78 Å². The molecule has 0 radical (unpaired) electrons. The van der Waals surface area contributed by atoms with Crippen molar-refractivity contribution in [2.75, 3.05) is 0 Å². The second kappa shape index (κ2) is 7.04. The van der Waals surface area contributed by atoms with Gasteiger partial charge in [-0.2, -0.15) is 0 Å². The lowest BCUT2D eigenvalue weighted by Gasteiger charge is -2.07. The first kappa shape index (κ1) is 11.4. The van der Waals surface area contributed by atoms with E-state index in [-0.39, 0.29) is 12.2 Å². The topological polar surface area (TPSA) is 37.3 Å². The SMILES string of the molecule is C=CCC(=O)CC(O)CCCC. The molecule has 0 aliphatic carbocycles. The first-order valence-electron chi connectivity index (χ1n) is 4.51. The van der Waals surface area contributed by atoms with E-state index < -0.39 is 6.10 Å². The number of unbranched alkanes of at least 4 members (excludes halogenated alkanes) is 1. The fraction of sp³-hybridized carbons (Fsp3) is 0.700. The quantitative estimate of drug-likeness (QED) is 0.594. The number of hydrogen-bond acceptors (Lipinski definition) is 2. The molecule has 0 bridgehead atoms. The van der Waals surface area contributed by atoms with Gasteiger partial charge in [0.05, 0.1) is 6.10 Å². The third-order valence-corrected chi connectivity index (χ3v) is 1.73. The summed E-state index contributed by atoms with van der Waals surface area (Å²) < 4.78 is 0. The summed E-state index contributed by atoms with van der Waals surface area (Å²) in [6, 6.07) is 0. The standard InChI is InChI=1S/C10H18O2/c1-3-5-7-10(12)8-9(11)6-4-2/h4,10,12H,2-3,5-8H2,1H3. The van der Waals surface area contributed by atoms with Crippen LogP contribution in [0.5, 0.6) is 0 Å². The first-order valence-corrected chi connectivity index (χ1v) is 4.51. The van der Waals surface area contributed by atoms with Gasteiger partial charge in [-0.25, -0.2) is 0 Å². The van der Waals surface area contributed by atoms with Gasteiger partial charge in [0, 0.05) is 12.8 Å². The summed E-state index contributed by atoms with van der Waals surface area (Å²) in [6.45, 7) is 5.54. The molecule has 0 fully saturated rings. The molecule has 0 aliphatic heterocycles. The highest BCUT2D eigenvalue weighted by Crippen LogP contribution is 2.05. The number of Topliss-reactive ketones (excluding diaryl/α,β-unsaturated/α-hetero) is 1. The molecule has 0 aromatic heterocycles. The Morgan fingerprint density at radius 3 is 2.83 bits per heavy atom. The van der Waals surface area contributed by atoms with Crippen molar-refractivity contribution in [3.8, 4) is 0 Å². The molecule has 2 nitrogen and oxygen atoms in total. The van der Waals surface area contributed by atoms with Crippen LogP contribution in [0.1, 0.15) is 39.0 Å². The predicted molar refractivity (Wildman–Crippen MR) is 50.0 cm³/mol. The molecule has 0 rings (SSSR count). The summed E-state index contributed by atoms with van der Waals surface area (Å²) in [6.07, 6.45) is 4.58. The molecule has 1 unspecified atom stereocenters. The molecule has 0 saturated heterocycles. The van der Waals surface area contributed by atoms with Crippen molar-refractivity contribution in [3.05, 3.63) is 12.7 Å². The van der Waals surface area contributed by atoms with Crippen molar-refractivity contribution < 1.29 is 9.90 Å². The maximum Gasteiger partial charge on any atom is 0.139 e. The van der Waals surface area contributed by atoms with Crippen LogP contribution in [-0.2, 0) is 4.79 Å². The molecule has 0 saturated carbocycles. The molecule has 0 spiro atoms. The molecule has 12 heavy (non-hydrogen) atoms. The van der Waals surface area contributed by atoms with Gasteiger partial charge in [0.2, 0.25) is 0 Å². The number of hydrogen-bond donors (Lipinski definition) is 1. The molecule has 0 heterocycles. The van der Waals surface area contributed by atoms with E-state index in [0.29, 0.717) is 6.42 Å². The zero-order valence-corrected chi connectivity index (χ0v) is 7.75. The van der Waals surface area contributed by atoms with Crippen LogP contribution in [0.3, 0.4) is 0 Å². The number of aliphatic hydroxyl groups excluding tert-OH is 1. The number of carbonyl (C=O) groups excluding carboxylic acids is 1. The largest absolute Gasteiger partial charge is 0.393 e. The maximum absolute atomic E-state index is 11.0. The molecule has 0 aliphatic rings. The number of carbonyl (C=O) groups is 1. The van der Waals surface area contributed by atoms with Gasteiger partial charge < -0.3 is 5.11 Å². The Hall–Kier alpha value is -0.630. The van der Waals surface area contributed by atoms with Crippen molar-refractivity contribution in [1.82, 2.24) is 0 Å². The highest BCUT2D eigenvalue weighted by atomic mass is 16.3. The maximum atomic E-state index is 11.0. The minimum absolute atomic E-state index is 0.0774. The molecular weight excluding hydrogens is 152 g/mol. The van der Waals surface area contributed by atoms with Crippen LogP contribution in [0.25, 0.3) is 0 Å². The molecule has 2 heteroatoms. The van der Waals surface area contributed by atoms with E-state index in [0.717, 1.165) is 19.3 Å². The second-order valence-corrected chi connectivity index (χ2v) is 3.03. The summed E-state index contributed by atoms with van der Waals surface area (Å²) in [5, 5.41) is 9.32. The molecule has 0 aromatic rings. The summed E-state index contributed by atoms with van der Waals surface area (Å²) in [5.74, 6) is 0.0774. The Balaban J connectivity index is 3.46. The monoisotopic (exact) mass is 170 g/mol. The van der Waals surface area contributed by atoms with Gasteiger partial charge in [0.25, 0.3) is 0 Å². The molecule has 1 atom stereocenters. The summed E-state index contributed by atoms with van der Waals surface area (Å²) >= 11 is 0. The third-order valence-electron chi connectivity index (χ3n) is 1.73. The minimum Gasteiger partial charge on any atom is -0.393 e. The van der Waals surface area contributed by atoms with Crippen molar-refractivity contribution >= 4 is 5.78 Å². The van der Waals surface area contributed by atoms with Crippen LogP contribution in [-0.4, -0.2) is 17.0 Å². The summed E-state index contributed by atoms with van der Waals surface area (Å²) in [7, 11) is 0. The normalized spacial score (nSPS) is 12.5. The van der Waals surface area contributed by atoms with E-state index >= 15 is 0 Å². The van der Waals surface area contributed by atoms with Gasteiger partial charge >= 0.3 is 0 Å². The average Bonchev–Trinajstić information content (AvgIpc) is 2.01. The van der Waals surface area contributed by atoms with Crippen LogP contribution >= 0.6 is 0 Å². The Kier molecular flexibility index (Phi) is 6.67. The highest BCUT2D eigenvalue weighted by molar-refractivity contribution is 5.80. The lowest BCUT2D eigenvalue weighted by atomic mass is 10.1. The second-order valence-electron chi connectivity index (χ2n) is 3.03. The smallest absolute Gasteiger partial charge is 0.139 e. The van der Waals surface area contributed by atoms with Crippen LogP contribution < -0.4 is 0 Å². The lowest BCUT2D eigenvalue weighted by Crippen LogP contribution is -2.12. The van der Waals surface area contributed by atoms with Gasteiger partial charge in [-0.15, -0.1) is 6.58 Å². The average molecular weight is 170 g/mol. The van der Waals surface area contributed by atoms with E-state index in [9.17, 15) is 9.90 Å². The van der Waals surface area contributed by atoms with Crippen LogP contribution in [0.15, 0.2) is 12.7 Å². The number of ketones is 1. The fourth-order valence-electron chi connectivity index (χ4n) is 1.05. The zero-order valence-electron chi connectivity index (χ0n) is 7.75. The highest BCUT2D eigenvalue weighted by Gasteiger charge is 2.08. The lowest BCUT2D eigenvalue weighted by molar-refractivity contribution is -0.120. The Morgan fingerprint density at radius 1 is 1.67 bits per heavy atom. The number of rotatable bonds is 7. The van der Waals surface area contributed by atoms with Crippen molar-refractivity contribution in [3.63, 3.8) is 0 Å². The third kappa shape index (κ3) is 6.10. The van der Waals surface area contributed by atoms with Crippen LogP contribution in [0, 0.1) is 0 Å². The van der Waals surface area contributed by atoms with Crippen molar-refractivity contribution in [2.45, 2.75) is 45.1 Å². The summed E-state index contributed by atoms with van der Waals surface area (Å²) in [5.41, 5.74) is 0. The van der Waals surface area contributed by atoms with Gasteiger partial charge in [0.15, 0.2) is 0 Å². The summed E-state index contributed by atoms with van der Waals surface area (Å²) in [4.78, 5) is 11.0. The van der Waals surface area contributed by atoms with Crippen LogP contribution in [0.2, 0.25) is 0 Å². The van der Waals surface area contributed by atoms with Crippen molar-refractivity contribution in [2.24, 2.45) is 0 Å². The van der Waals surface area contributed by atoms with Crippen LogP contribution in [0.4, 0.5) is 0 Å². The first-order chi connectivity index (χ1) is 5.70. The molecular formula is C10H18O2. The van der Waals surface area contributed by atoms with Gasteiger partial charge in [-0.1, -0.05) is 25.8 Å². The van der Waals surface area contributed by atoms with Crippen molar-refractivity contribution in [1.29, 1.82) is 0 Å². The minimum atomic E-state index is -0.447. The Morgan fingerprint density at radius 2 is 2.33 bits per heavy atom. The zero-order chi connectivity index (χ0) is 9.40. The van der Waals surface area contributed by atoms with Gasteiger partial charge in [-0.05, 0) is 6.42 Å². The predicted octanol–water partition coefficient (Wildman–Crippen LogP) is 2.07. The van der Waals surface area contributed by atoms with E-state index in [1.165, 1.54) is 0 Å². The number of allylic oxidation sites excluding steroid dienone is 1. The van der Waals surface area contributed by atoms with Gasteiger partial charge in [-0.3, -0.25) is 4.79 Å². The van der Waals surface area contributed by atoms with E-state index in [1.54, 1.807) is 6.08 Å². The van der Waals surface area contributed by atoms with E-state index in [2.05, 4.69) is 13.5 Å². The Bertz CT molecular complexity index is 141. The van der Waals surface area contributed by atoms with E-state index in [1.807, 2.05) is 0 Å². The molecule has 1 N–H and O–H groups in total. The van der Waals surface area contributed by atoms with E-state index in [4.69, 9.17) is 0 Å². The fourth-order valence-corrected chi connectivity index (χ4v) is 1.05. The molecule has 0 amide bonds.